The molecule has 1 saturated heterocycles. The highest BCUT2D eigenvalue weighted by atomic mass is 19.4. The third-order valence-electron chi connectivity index (χ3n) is 1.37. The highest BCUT2D eigenvalue weighted by Gasteiger charge is 2.32. The van der Waals surface area contributed by atoms with Crippen LogP contribution in [0, 0.1) is 0 Å². The summed E-state index contributed by atoms with van der Waals surface area (Å²) in [5.74, 6) is 0. The number of ether oxygens (including phenoxy) is 1. The Morgan fingerprint density at radius 1 is 1.55 bits per heavy atom. The quantitative estimate of drug-likeness (QED) is 0.583. The third-order valence-corrected chi connectivity index (χ3v) is 1.37. The van der Waals surface area contributed by atoms with Gasteiger partial charge in [-0.2, -0.15) is 13.2 Å². The molecule has 1 atom stereocenters. The molecule has 66 valence electrons. The normalized spacial score (nSPS) is 24.3. The Morgan fingerprint density at radius 2 is 2.09 bits per heavy atom. The molecule has 1 aliphatic heterocycles. The van der Waals surface area contributed by atoms with Crippen LogP contribution >= 0.6 is 0 Å². The minimum absolute atomic E-state index is 0.0300. The number of rotatable bonds is 3. The first-order valence-corrected chi connectivity index (χ1v) is 3.34. The molecule has 2 nitrogen and oxygen atoms in total. The first-order chi connectivity index (χ1) is 4.97. The summed E-state index contributed by atoms with van der Waals surface area (Å²) in [5.41, 5.74) is 0. The van der Waals surface area contributed by atoms with Gasteiger partial charge in [0.1, 0.15) is 0 Å². The van der Waals surface area contributed by atoms with Crippen LogP contribution in [0.2, 0.25) is 0 Å². The van der Waals surface area contributed by atoms with Gasteiger partial charge in [-0.25, -0.2) is 0 Å². The Bertz CT molecular complexity index is 132. The molecule has 0 aliphatic carbocycles. The molecule has 5 heteroatoms. The first-order valence-electron chi connectivity index (χ1n) is 3.34. The maximum Gasteiger partial charge on any atom is 0.401 e. The molecule has 1 aliphatic rings. The van der Waals surface area contributed by atoms with Gasteiger partial charge < -0.3 is 4.74 Å². The van der Waals surface area contributed by atoms with E-state index in [2.05, 4.69) is 0 Å². The van der Waals surface area contributed by atoms with Crippen molar-refractivity contribution in [2.24, 2.45) is 0 Å². The molecular weight excluding hydrogens is 159 g/mol. The van der Waals surface area contributed by atoms with Crippen molar-refractivity contribution in [2.45, 2.75) is 12.3 Å². The molecule has 0 radical (unpaired) electrons. The van der Waals surface area contributed by atoms with Crippen LogP contribution in [0.25, 0.3) is 0 Å². The van der Waals surface area contributed by atoms with Crippen molar-refractivity contribution >= 4 is 0 Å². The molecule has 1 fully saturated rings. The van der Waals surface area contributed by atoms with Crippen LogP contribution in [0.15, 0.2) is 0 Å². The highest BCUT2D eigenvalue weighted by molar-refractivity contribution is 4.73. The predicted molar refractivity (Wildman–Crippen MR) is 33.3 cm³/mol. The van der Waals surface area contributed by atoms with Gasteiger partial charge in [-0.05, 0) is 7.05 Å². The van der Waals surface area contributed by atoms with E-state index in [1.807, 2.05) is 0 Å². The van der Waals surface area contributed by atoms with E-state index in [0.717, 1.165) is 0 Å². The number of epoxide rings is 1. The molecule has 0 saturated carbocycles. The summed E-state index contributed by atoms with van der Waals surface area (Å²) in [4.78, 5) is 1.22. The van der Waals surface area contributed by atoms with E-state index in [1.54, 1.807) is 0 Å². The lowest BCUT2D eigenvalue weighted by atomic mass is 10.4. The summed E-state index contributed by atoms with van der Waals surface area (Å²) in [7, 11) is 1.44. The van der Waals surface area contributed by atoms with Crippen LogP contribution in [0.5, 0.6) is 0 Å². The van der Waals surface area contributed by atoms with Crippen LogP contribution in [-0.4, -0.2) is 43.9 Å². The lowest BCUT2D eigenvalue weighted by Crippen LogP contribution is -2.33. The van der Waals surface area contributed by atoms with E-state index in [4.69, 9.17) is 4.74 Å². The Hall–Kier alpha value is -0.290. The fourth-order valence-corrected chi connectivity index (χ4v) is 0.892. The lowest BCUT2D eigenvalue weighted by Gasteiger charge is -2.16. The first kappa shape index (κ1) is 8.80. The van der Waals surface area contributed by atoms with Crippen LogP contribution in [0.3, 0.4) is 0 Å². The van der Waals surface area contributed by atoms with Crippen molar-refractivity contribution in [3.63, 3.8) is 0 Å². The molecule has 0 bridgehead atoms. The van der Waals surface area contributed by atoms with Crippen LogP contribution in [-0.2, 0) is 4.74 Å². The number of nitrogens with zero attached hydrogens (tertiary/aromatic N) is 1. The number of alkyl halides is 3. The van der Waals surface area contributed by atoms with E-state index < -0.39 is 12.7 Å². The van der Waals surface area contributed by atoms with Gasteiger partial charge in [0.05, 0.1) is 19.3 Å². The van der Waals surface area contributed by atoms with E-state index in [-0.39, 0.29) is 6.10 Å². The van der Waals surface area contributed by atoms with Crippen LogP contribution < -0.4 is 0 Å². The molecule has 0 unspecified atom stereocenters. The van der Waals surface area contributed by atoms with Crippen molar-refractivity contribution in [2.75, 3.05) is 26.7 Å². The lowest BCUT2D eigenvalue weighted by molar-refractivity contribution is -0.143. The van der Waals surface area contributed by atoms with Gasteiger partial charge in [0.2, 0.25) is 0 Å². The zero-order valence-electron chi connectivity index (χ0n) is 6.19. The van der Waals surface area contributed by atoms with Crippen LogP contribution in [0.4, 0.5) is 13.2 Å². The monoisotopic (exact) mass is 169 g/mol. The Kier molecular flexibility index (Phi) is 2.39. The SMILES string of the molecule is CN(C[C@H]1CO1)CC(F)(F)F. The van der Waals surface area contributed by atoms with Gasteiger partial charge in [-0.15, -0.1) is 0 Å². The van der Waals surface area contributed by atoms with Crippen molar-refractivity contribution < 1.29 is 17.9 Å². The second-order valence-electron chi connectivity index (χ2n) is 2.77. The van der Waals surface area contributed by atoms with Crippen molar-refractivity contribution in [1.29, 1.82) is 0 Å². The van der Waals surface area contributed by atoms with E-state index in [0.29, 0.717) is 13.2 Å². The minimum Gasteiger partial charge on any atom is -0.372 e. The Morgan fingerprint density at radius 3 is 2.45 bits per heavy atom. The molecule has 0 spiro atoms. The average molecular weight is 169 g/mol. The average Bonchev–Trinajstić information content (AvgIpc) is 2.42. The summed E-state index contributed by atoms with van der Waals surface area (Å²) in [5, 5.41) is 0. The molecule has 0 aromatic heterocycles. The van der Waals surface area contributed by atoms with Gasteiger partial charge in [0, 0.05) is 6.54 Å². The molecule has 1 heterocycles. The summed E-state index contributed by atoms with van der Waals surface area (Å²) in [6.45, 7) is 0.120. The summed E-state index contributed by atoms with van der Waals surface area (Å²) in [6.07, 6.45) is -4.06. The summed E-state index contributed by atoms with van der Waals surface area (Å²) >= 11 is 0. The molecule has 0 aromatic rings. The third kappa shape index (κ3) is 4.21. The zero-order valence-corrected chi connectivity index (χ0v) is 6.19. The topological polar surface area (TPSA) is 15.8 Å². The number of hydrogen-bond donors (Lipinski definition) is 0. The molecule has 0 amide bonds. The standard InChI is InChI=1S/C6H10F3NO/c1-10(2-5-3-11-5)4-6(7,8)9/h5H,2-4H2,1H3/t5-/m0/s1. The molecule has 11 heavy (non-hydrogen) atoms. The smallest absolute Gasteiger partial charge is 0.372 e. The zero-order chi connectivity index (χ0) is 8.48. The second kappa shape index (κ2) is 2.98. The maximum absolute atomic E-state index is 11.7. The fourth-order valence-electron chi connectivity index (χ4n) is 0.892. The molecular formula is C6H10F3NO. The highest BCUT2D eigenvalue weighted by Crippen LogP contribution is 2.17. The second-order valence-corrected chi connectivity index (χ2v) is 2.77. The van der Waals surface area contributed by atoms with Gasteiger partial charge in [0.15, 0.2) is 0 Å². The van der Waals surface area contributed by atoms with Gasteiger partial charge in [-0.3, -0.25) is 4.90 Å². The van der Waals surface area contributed by atoms with E-state index in [9.17, 15) is 13.2 Å². The summed E-state index contributed by atoms with van der Waals surface area (Å²) in [6, 6.07) is 0. The van der Waals surface area contributed by atoms with Crippen molar-refractivity contribution in [1.82, 2.24) is 4.90 Å². The van der Waals surface area contributed by atoms with E-state index >= 15 is 0 Å². The Balaban J connectivity index is 2.13. The minimum atomic E-state index is -4.09. The number of halogens is 3. The largest absolute Gasteiger partial charge is 0.401 e. The number of likely N-dealkylation sites (N-methyl/N-ethyl adjacent to an activating group) is 1. The van der Waals surface area contributed by atoms with Crippen molar-refractivity contribution in [3.05, 3.63) is 0 Å². The van der Waals surface area contributed by atoms with Crippen molar-refractivity contribution in [3.8, 4) is 0 Å². The Labute approximate surface area is 62.9 Å². The molecule has 0 N–H and O–H groups in total. The van der Waals surface area contributed by atoms with Gasteiger partial charge >= 0.3 is 6.18 Å². The van der Waals surface area contributed by atoms with Gasteiger partial charge in [-0.1, -0.05) is 0 Å². The summed E-state index contributed by atoms with van der Waals surface area (Å²) < 4.78 is 39.9. The number of hydrogen-bond acceptors (Lipinski definition) is 2. The fraction of sp³-hybridized carbons (Fsp3) is 1.00. The van der Waals surface area contributed by atoms with E-state index in [1.165, 1.54) is 11.9 Å². The maximum atomic E-state index is 11.7. The van der Waals surface area contributed by atoms with Gasteiger partial charge in [0.25, 0.3) is 0 Å². The van der Waals surface area contributed by atoms with Crippen LogP contribution in [0.1, 0.15) is 0 Å². The molecule has 1 rings (SSSR count). The molecule has 0 aromatic carbocycles. The predicted octanol–water partition coefficient (Wildman–Crippen LogP) is 0.879.